The number of hydrogen-bond acceptors (Lipinski definition) is 2. The van der Waals surface area contributed by atoms with Gasteiger partial charge in [0.05, 0.1) is 5.56 Å². The van der Waals surface area contributed by atoms with Crippen molar-refractivity contribution in [2.75, 3.05) is 0 Å². The quantitative estimate of drug-likeness (QED) is 0.530. The van der Waals surface area contributed by atoms with E-state index in [0.29, 0.717) is 28.5 Å². The van der Waals surface area contributed by atoms with Crippen LogP contribution in [-0.4, -0.2) is 10.9 Å². The van der Waals surface area contributed by atoms with Crippen LogP contribution in [0, 0.1) is 5.92 Å². The zero-order valence-electron chi connectivity index (χ0n) is 14.0. The third-order valence-electron chi connectivity index (χ3n) is 4.33. The van der Waals surface area contributed by atoms with Gasteiger partial charge in [0.1, 0.15) is 5.75 Å². The summed E-state index contributed by atoms with van der Waals surface area (Å²) in [6, 6.07) is 21.6. The van der Waals surface area contributed by atoms with Crippen molar-refractivity contribution in [3.8, 4) is 5.75 Å². The van der Waals surface area contributed by atoms with Gasteiger partial charge in [-0.05, 0) is 60.4 Å². The van der Waals surface area contributed by atoms with Crippen molar-refractivity contribution in [3.05, 3.63) is 99.5 Å². The lowest BCUT2D eigenvalue weighted by Gasteiger charge is -2.17. The van der Waals surface area contributed by atoms with Gasteiger partial charge in [0.25, 0.3) is 0 Å². The first-order chi connectivity index (χ1) is 12.5. The summed E-state index contributed by atoms with van der Waals surface area (Å²) >= 11 is 11.9. The first-order valence-corrected chi connectivity index (χ1v) is 9.09. The summed E-state index contributed by atoms with van der Waals surface area (Å²) in [6.45, 7) is 0. The minimum atomic E-state index is -0.300. The van der Waals surface area contributed by atoms with E-state index in [1.165, 1.54) is 6.07 Å². The molecule has 0 bridgehead atoms. The highest BCUT2D eigenvalue weighted by molar-refractivity contribution is 6.30. The van der Waals surface area contributed by atoms with Gasteiger partial charge in [-0.1, -0.05) is 59.6 Å². The number of ketones is 1. The summed E-state index contributed by atoms with van der Waals surface area (Å²) in [6.07, 6.45) is 1.12. The molecule has 132 valence electrons. The molecule has 0 fully saturated rings. The molecule has 0 aliphatic rings. The summed E-state index contributed by atoms with van der Waals surface area (Å²) in [4.78, 5) is 13.1. The molecule has 1 N–H and O–H groups in total. The molecule has 0 saturated heterocycles. The van der Waals surface area contributed by atoms with E-state index in [4.69, 9.17) is 23.2 Å². The molecule has 0 aliphatic carbocycles. The highest BCUT2D eigenvalue weighted by Gasteiger charge is 2.23. The van der Waals surface area contributed by atoms with Crippen molar-refractivity contribution >= 4 is 29.0 Å². The maximum atomic E-state index is 13.1. The molecule has 0 saturated carbocycles. The predicted molar refractivity (Wildman–Crippen MR) is 106 cm³/mol. The zero-order chi connectivity index (χ0) is 18.5. The van der Waals surface area contributed by atoms with Gasteiger partial charge < -0.3 is 5.11 Å². The van der Waals surface area contributed by atoms with Crippen LogP contribution in [0.5, 0.6) is 5.75 Å². The van der Waals surface area contributed by atoms with E-state index in [0.717, 1.165) is 11.1 Å². The maximum absolute atomic E-state index is 13.1. The van der Waals surface area contributed by atoms with Crippen molar-refractivity contribution < 1.29 is 9.90 Å². The van der Waals surface area contributed by atoms with Gasteiger partial charge in [-0.2, -0.15) is 0 Å². The lowest BCUT2D eigenvalue weighted by Crippen LogP contribution is -2.20. The smallest absolute Gasteiger partial charge is 0.170 e. The lowest BCUT2D eigenvalue weighted by molar-refractivity contribution is 0.0915. The van der Waals surface area contributed by atoms with E-state index >= 15 is 0 Å². The lowest BCUT2D eigenvalue weighted by atomic mass is 9.86. The summed E-state index contributed by atoms with van der Waals surface area (Å²) < 4.78 is 0. The molecule has 3 aromatic rings. The topological polar surface area (TPSA) is 37.3 Å². The van der Waals surface area contributed by atoms with Crippen molar-refractivity contribution in [3.63, 3.8) is 0 Å². The fourth-order valence-electron chi connectivity index (χ4n) is 2.97. The summed E-state index contributed by atoms with van der Waals surface area (Å²) in [5, 5.41) is 11.4. The Bertz CT molecular complexity index is 839. The van der Waals surface area contributed by atoms with Gasteiger partial charge in [0, 0.05) is 16.0 Å². The predicted octanol–water partition coefficient (Wildman–Crippen LogP) is 5.98. The SMILES string of the molecule is O=C(c1ccccc1O)C(Cc1ccc(Cl)cc1)Cc1ccc(Cl)cc1. The van der Waals surface area contributed by atoms with Crippen molar-refractivity contribution in [1.82, 2.24) is 0 Å². The van der Waals surface area contributed by atoms with Crippen LogP contribution < -0.4 is 0 Å². The Kier molecular flexibility index (Phi) is 5.97. The monoisotopic (exact) mass is 384 g/mol. The van der Waals surface area contributed by atoms with Crippen LogP contribution in [0.25, 0.3) is 0 Å². The molecule has 0 atom stereocenters. The number of phenolic OH excluding ortho intramolecular Hbond substituents is 1. The number of carbonyl (C=O) groups is 1. The minimum absolute atomic E-state index is 0.00899. The number of carbonyl (C=O) groups excluding carboxylic acids is 1. The van der Waals surface area contributed by atoms with Gasteiger partial charge in [0.2, 0.25) is 0 Å². The van der Waals surface area contributed by atoms with Gasteiger partial charge in [-0.15, -0.1) is 0 Å². The second kappa shape index (κ2) is 8.39. The number of hydrogen-bond donors (Lipinski definition) is 1. The molecule has 26 heavy (non-hydrogen) atoms. The third-order valence-corrected chi connectivity index (χ3v) is 4.83. The van der Waals surface area contributed by atoms with Crippen molar-refractivity contribution in [2.24, 2.45) is 5.92 Å². The number of benzene rings is 3. The fourth-order valence-corrected chi connectivity index (χ4v) is 3.22. The van der Waals surface area contributed by atoms with Crippen LogP contribution >= 0.6 is 23.2 Å². The molecule has 0 unspecified atom stereocenters. The Hall–Kier alpha value is -2.29. The molecular formula is C22H18Cl2O2. The highest BCUT2D eigenvalue weighted by Crippen LogP contribution is 2.25. The number of para-hydroxylation sites is 1. The molecule has 0 heterocycles. The summed E-state index contributed by atoms with van der Waals surface area (Å²) in [5.41, 5.74) is 2.40. The van der Waals surface area contributed by atoms with Crippen LogP contribution in [0.1, 0.15) is 21.5 Å². The Balaban J connectivity index is 1.89. The number of Topliss-reactive ketones (excluding diaryl/α,β-unsaturated/α-hetero) is 1. The Morgan fingerprint density at radius 2 is 1.23 bits per heavy atom. The van der Waals surface area contributed by atoms with E-state index in [1.54, 1.807) is 18.2 Å². The minimum Gasteiger partial charge on any atom is -0.507 e. The molecule has 0 spiro atoms. The standard InChI is InChI=1S/C22H18Cl2O2/c23-18-9-5-15(6-10-18)13-17(14-16-7-11-19(24)12-8-16)22(26)20-3-1-2-4-21(20)25/h1-12,17,25H,13-14H2. The van der Waals surface area contributed by atoms with Crippen LogP contribution in [0.15, 0.2) is 72.8 Å². The van der Waals surface area contributed by atoms with Crippen LogP contribution in [0.4, 0.5) is 0 Å². The number of halogens is 2. The average molecular weight is 385 g/mol. The van der Waals surface area contributed by atoms with Gasteiger partial charge in [-0.25, -0.2) is 0 Å². The molecule has 2 nitrogen and oxygen atoms in total. The largest absolute Gasteiger partial charge is 0.507 e. The molecule has 0 radical (unpaired) electrons. The number of aromatic hydroxyl groups is 1. The summed E-state index contributed by atoms with van der Waals surface area (Å²) in [5.74, 6) is -0.367. The first-order valence-electron chi connectivity index (χ1n) is 8.34. The highest BCUT2D eigenvalue weighted by atomic mass is 35.5. The number of rotatable bonds is 6. The normalized spacial score (nSPS) is 10.9. The second-order valence-corrected chi connectivity index (χ2v) is 7.11. The molecule has 0 aromatic heterocycles. The van der Waals surface area contributed by atoms with E-state index in [9.17, 15) is 9.90 Å². The molecule has 0 aliphatic heterocycles. The van der Waals surface area contributed by atoms with Crippen LogP contribution in [0.2, 0.25) is 10.0 Å². The van der Waals surface area contributed by atoms with Crippen molar-refractivity contribution in [1.29, 1.82) is 0 Å². The fraction of sp³-hybridized carbons (Fsp3) is 0.136. The van der Waals surface area contributed by atoms with E-state index < -0.39 is 0 Å². The second-order valence-electron chi connectivity index (χ2n) is 6.24. The van der Waals surface area contributed by atoms with Crippen molar-refractivity contribution in [2.45, 2.75) is 12.8 Å². The molecular weight excluding hydrogens is 367 g/mol. The first kappa shape index (κ1) is 18.5. The number of phenols is 1. The molecule has 4 heteroatoms. The Morgan fingerprint density at radius 1 is 0.769 bits per heavy atom. The van der Waals surface area contributed by atoms with E-state index in [2.05, 4.69) is 0 Å². The zero-order valence-corrected chi connectivity index (χ0v) is 15.5. The van der Waals surface area contributed by atoms with Gasteiger partial charge in [0.15, 0.2) is 5.78 Å². The molecule has 3 rings (SSSR count). The van der Waals surface area contributed by atoms with Gasteiger partial charge >= 0.3 is 0 Å². The van der Waals surface area contributed by atoms with Crippen LogP contribution in [-0.2, 0) is 12.8 Å². The Morgan fingerprint density at radius 3 is 1.69 bits per heavy atom. The maximum Gasteiger partial charge on any atom is 0.170 e. The van der Waals surface area contributed by atoms with Gasteiger partial charge in [-0.3, -0.25) is 4.79 Å². The van der Waals surface area contributed by atoms with E-state index in [1.807, 2.05) is 48.5 Å². The average Bonchev–Trinajstić information content (AvgIpc) is 2.64. The van der Waals surface area contributed by atoms with E-state index in [-0.39, 0.29) is 17.5 Å². The molecule has 0 amide bonds. The third kappa shape index (κ3) is 4.66. The Labute approximate surface area is 163 Å². The van der Waals surface area contributed by atoms with Crippen LogP contribution in [0.3, 0.4) is 0 Å². The molecule has 3 aromatic carbocycles. The summed E-state index contributed by atoms with van der Waals surface area (Å²) in [7, 11) is 0.